The molecule has 14 heavy (non-hydrogen) atoms. The van der Waals surface area contributed by atoms with Crippen molar-refractivity contribution < 1.29 is 4.74 Å². The second-order valence-electron chi connectivity index (χ2n) is 4.08. The van der Waals surface area contributed by atoms with Crippen molar-refractivity contribution in [2.24, 2.45) is 0 Å². The van der Waals surface area contributed by atoms with Crippen LogP contribution in [-0.4, -0.2) is 25.8 Å². The van der Waals surface area contributed by atoms with Crippen LogP contribution in [0.2, 0.25) is 0 Å². The summed E-state index contributed by atoms with van der Waals surface area (Å²) in [7, 11) is 0. The Balaban J connectivity index is 2.85. The number of nitrogens with one attached hydrogen (secondary N) is 1. The lowest BCUT2D eigenvalue weighted by Gasteiger charge is -2.08. The highest BCUT2D eigenvalue weighted by Crippen LogP contribution is 2.00. The minimum absolute atomic E-state index is 0.362. The molecule has 0 aliphatic carbocycles. The molecule has 0 spiro atoms. The van der Waals surface area contributed by atoms with Crippen LogP contribution in [0.15, 0.2) is 0 Å². The van der Waals surface area contributed by atoms with E-state index < -0.39 is 0 Å². The molecule has 0 atom stereocenters. The number of hydrogen-bond donors (Lipinski definition) is 1. The molecule has 0 aliphatic heterocycles. The van der Waals surface area contributed by atoms with Crippen LogP contribution >= 0.6 is 0 Å². The maximum atomic E-state index is 5.42. The molecule has 0 unspecified atom stereocenters. The molecular weight excluding hydrogens is 174 g/mol. The molecule has 0 aromatic rings. The van der Waals surface area contributed by atoms with Crippen molar-refractivity contribution in [2.75, 3.05) is 19.7 Å². The molecule has 0 aliphatic rings. The van der Waals surface area contributed by atoms with Crippen molar-refractivity contribution in [1.82, 2.24) is 5.32 Å². The zero-order chi connectivity index (χ0) is 10.6. The summed E-state index contributed by atoms with van der Waals surface area (Å²) in [5.41, 5.74) is 0. The molecule has 0 saturated heterocycles. The Labute approximate surface area is 89.4 Å². The molecule has 0 fully saturated rings. The van der Waals surface area contributed by atoms with Crippen LogP contribution in [0, 0.1) is 0 Å². The second-order valence-corrected chi connectivity index (χ2v) is 4.08. The van der Waals surface area contributed by atoms with Crippen LogP contribution in [0.5, 0.6) is 0 Å². The number of ether oxygens (including phenoxy) is 1. The third-order valence-corrected chi connectivity index (χ3v) is 2.19. The minimum Gasteiger partial charge on any atom is -0.377 e. The average molecular weight is 201 g/mol. The van der Waals surface area contributed by atoms with Crippen molar-refractivity contribution in [2.45, 2.75) is 59.0 Å². The van der Waals surface area contributed by atoms with Crippen LogP contribution in [0.4, 0.5) is 0 Å². The normalized spacial score (nSPS) is 11.1. The van der Waals surface area contributed by atoms with Gasteiger partial charge in [0.05, 0.1) is 12.7 Å². The molecule has 2 heteroatoms. The SMILES string of the molecule is CCCCCCCNCCOC(C)C. The molecule has 2 nitrogen and oxygen atoms in total. The van der Waals surface area contributed by atoms with E-state index in [1.54, 1.807) is 0 Å². The van der Waals surface area contributed by atoms with E-state index in [1.807, 2.05) is 0 Å². The molecule has 86 valence electrons. The molecule has 0 saturated carbocycles. The average Bonchev–Trinajstić information content (AvgIpc) is 2.15. The van der Waals surface area contributed by atoms with Crippen LogP contribution < -0.4 is 5.32 Å². The zero-order valence-corrected chi connectivity index (χ0v) is 10.1. The quantitative estimate of drug-likeness (QED) is 0.549. The summed E-state index contributed by atoms with van der Waals surface area (Å²) in [5.74, 6) is 0. The van der Waals surface area contributed by atoms with Gasteiger partial charge in [-0.25, -0.2) is 0 Å². The minimum atomic E-state index is 0.362. The monoisotopic (exact) mass is 201 g/mol. The summed E-state index contributed by atoms with van der Waals surface area (Å²) in [6, 6.07) is 0. The van der Waals surface area contributed by atoms with Gasteiger partial charge in [0, 0.05) is 6.54 Å². The van der Waals surface area contributed by atoms with Gasteiger partial charge in [-0.3, -0.25) is 0 Å². The number of rotatable bonds is 10. The Bertz CT molecular complexity index is 104. The van der Waals surface area contributed by atoms with Gasteiger partial charge < -0.3 is 10.1 Å². The highest BCUT2D eigenvalue weighted by Gasteiger charge is 1.92. The lowest BCUT2D eigenvalue weighted by molar-refractivity contribution is 0.0809. The molecular formula is C12H27NO. The van der Waals surface area contributed by atoms with Crippen molar-refractivity contribution >= 4 is 0 Å². The van der Waals surface area contributed by atoms with Gasteiger partial charge in [0.15, 0.2) is 0 Å². The Hall–Kier alpha value is -0.0800. The lowest BCUT2D eigenvalue weighted by atomic mass is 10.1. The fraction of sp³-hybridized carbons (Fsp3) is 1.00. The molecule has 0 aromatic carbocycles. The van der Waals surface area contributed by atoms with Gasteiger partial charge in [0.1, 0.15) is 0 Å². The van der Waals surface area contributed by atoms with Crippen molar-refractivity contribution in [3.63, 3.8) is 0 Å². The van der Waals surface area contributed by atoms with Crippen LogP contribution in [-0.2, 0) is 4.74 Å². The Kier molecular flexibility index (Phi) is 10.9. The van der Waals surface area contributed by atoms with Crippen molar-refractivity contribution in [3.8, 4) is 0 Å². The summed E-state index contributed by atoms with van der Waals surface area (Å²) >= 11 is 0. The first kappa shape index (κ1) is 13.9. The maximum Gasteiger partial charge on any atom is 0.0594 e. The molecule has 1 N–H and O–H groups in total. The van der Waals surface area contributed by atoms with E-state index in [0.717, 1.165) is 19.7 Å². The second kappa shape index (κ2) is 11.0. The lowest BCUT2D eigenvalue weighted by Crippen LogP contribution is -2.22. The van der Waals surface area contributed by atoms with Crippen LogP contribution in [0.25, 0.3) is 0 Å². The fourth-order valence-electron chi connectivity index (χ4n) is 1.35. The van der Waals surface area contributed by atoms with Crippen molar-refractivity contribution in [3.05, 3.63) is 0 Å². The highest BCUT2D eigenvalue weighted by atomic mass is 16.5. The fourth-order valence-corrected chi connectivity index (χ4v) is 1.35. The first-order valence-corrected chi connectivity index (χ1v) is 6.09. The Morgan fingerprint density at radius 2 is 1.71 bits per heavy atom. The van der Waals surface area contributed by atoms with E-state index in [1.165, 1.54) is 32.1 Å². The van der Waals surface area contributed by atoms with Crippen LogP contribution in [0.3, 0.4) is 0 Å². The Morgan fingerprint density at radius 1 is 1.00 bits per heavy atom. The highest BCUT2D eigenvalue weighted by molar-refractivity contribution is 4.49. The van der Waals surface area contributed by atoms with E-state index in [-0.39, 0.29) is 0 Å². The molecule has 0 heterocycles. The summed E-state index contributed by atoms with van der Waals surface area (Å²) in [6.07, 6.45) is 7.14. The maximum absolute atomic E-state index is 5.42. The summed E-state index contributed by atoms with van der Waals surface area (Å²) in [4.78, 5) is 0. The van der Waals surface area contributed by atoms with Gasteiger partial charge in [0.25, 0.3) is 0 Å². The van der Waals surface area contributed by atoms with Gasteiger partial charge in [-0.05, 0) is 26.8 Å². The van der Waals surface area contributed by atoms with Crippen LogP contribution in [0.1, 0.15) is 52.9 Å². The first-order valence-electron chi connectivity index (χ1n) is 6.09. The van der Waals surface area contributed by atoms with Gasteiger partial charge in [-0.1, -0.05) is 32.6 Å². The smallest absolute Gasteiger partial charge is 0.0594 e. The molecule has 0 amide bonds. The standard InChI is InChI=1S/C12H27NO/c1-4-5-6-7-8-9-13-10-11-14-12(2)3/h12-13H,4-11H2,1-3H3. The summed E-state index contributed by atoms with van der Waals surface area (Å²) < 4.78 is 5.42. The van der Waals surface area contributed by atoms with E-state index in [9.17, 15) is 0 Å². The van der Waals surface area contributed by atoms with Gasteiger partial charge in [0.2, 0.25) is 0 Å². The van der Waals surface area contributed by atoms with E-state index >= 15 is 0 Å². The van der Waals surface area contributed by atoms with E-state index in [2.05, 4.69) is 26.1 Å². The van der Waals surface area contributed by atoms with Gasteiger partial charge >= 0.3 is 0 Å². The molecule has 0 bridgehead atoms. The molecule has 0 aromatic heterocycles. The van der Waals surface area contributed by atoms with E-state index in [4.69, 9.17) is 4.74 Å². The summed E-state index contributed by atoms with van der Waals surface area (Å²) in [6.45, 7) is 9.38. The Morgan fingerprint density at radius 3 is 2.36 bits per heavy atom. The molecule has 0 rings (SSSR count). The number of hydrogen-bond acceptors (Lipinski definition) is 2. The predicted molar refractivity (Wildman–Crippen MR) is 62.7 cm³/mol. The van der Waals surface area contributed by atoms with Gasteiger partial charge in [-0.15, -0.1) is 0 Å². The summed E-state index contributed by atoms with van der Waals surface area (Å²) in [5, 5.41) is 3.39. The predicted octanol–water partition coefficient (Wildman–Crippen LogP) is 2.97. The van der Waals surface area contributed by atoms with Gasteiger partial charge in [-0.2, -0.15) is 0 Å². The zero-order valence-electron chi connectivity index (χ0n) is 10.1. The third kappa shape index (κ3) is 11.9. The topological polar surface area (TPSA) is 21.3 Å². The van der Waals surface area contributed by atoms with E-state index in [0.29, 0.717) is 6.10 Å². The largest absolute Gasteiger partial charge is 0.377 e. The number of unbranched alkanes of at least 4 members (excludes halogenated alkanes) is 4. The third-order valence-electron chi connectivity index (χ3n) is 2.19. The molecule has 0 radical (unpaired) electrons. The first-order chi connectivity index (χ1) is 6.77. The van der Waals surface area contributed by atoms with Crippen molar-refractivity contribution in [1.29, 1.82) is 0 Å².